The summed E-state index contributed by atoms with van der Waals surface area (Å²) >= 11 is 0. The van der Waals surface area contributed by atoms with Crippen LogP contribution in [0.3, 0.4) is 0 Å². The molecule has 1 aromatic heterocycles. The van der Waals surface area contributed by atoms with E-state index in [0.717, 1.165) is 33.5 Å². The number of aromatic nitrogens is 1. The zero-order chi connectivity index (χ0) is 21.5. The summed E-state index contributed by atoms with van der Waals surface area (Å²) in [5.41, 5.74) is 12.2. The number of nitrogens with zero attached hydrogens (tertiary/aromatic N) is 3. The molecule has 154 valence electrons. The number of rotatable bonds is 8. The maximum Gasteiger partial charge on any atom is 0.250 e. The number of benzene rings is 2. The maximum atomic E-state index is 12.3. The van der Waals surface area contributed by atoms with Gasteiger partial charge in [0.25, 0.3) is 5.91 Å². The van der Waals surface area contributed by atoms with Crippen LogP contribution in [0.4, 0.5) is 0 Å². The summed E-state index contributed by atoms with van der Waals surface area (Å²) in [6.07, 6.45) is 6.54. The van der Waals surface area contributed by atoms with E-state index in [9.17, 15) is 4.79 Å². The zero-order valence-corrected chi connectivity index (χ0v) is 17.0. The predicted octanol–water partition coefficient (Wildman–Crippen LogP) is 2.37. The van der Waals surface area contributed by atoms with E-state index in [1.165, 1.54) is 0 Å². The molecule has 0 bridgehead atoms. The highest BCUT2D eigenvalue weighted by Gasteiger charge is 2.19. The number of primary amides is 1. The van der Waals surface area contributed by atoms with Crippen LogP contribution in [0.25, 0.3) is 0 Å². The van der Waals surface area contributed by atoms with E-state index in [1.54, 1.807) is 12.4 Å². The molecule has 3 rings (SSSR count). The largest absolute Gasteiger partial charge is 0.366 e. The molecule has 0 radical (unpaired) electrons. The Balaban J connectivity index is 1.95. The summed E-state index contributed by atoms with van der Waals surface area (Å²) in [6.45, 7) is 2.65. The van der Waals surface area contributed by atoms with E-state index >= 15 is 0 Å². The van der Waals surface area contributed by atoms with E-state index in [1.807, 2.05) is 61.7 Å². The third-order valence-corrected chi connectivity index (χ3v) is 4.97. The SMILES string of the molecule is CCc1c(C(N)=O)c(Cc2ccc(C=NN)cc2)cn1Cc1cccc(C=NN)c1. The number of carbonyl (C=O) groups excluding carboxylic acids is 1. The predicted molar refractivity (Wildman–Crippen MR) is 121 cm³/mol. The molecule has 0 aliphatic rings. The second kappa shape index (κ2) is 9.56. The molecule has 0 spiro atoms. The third kappa shape index (κ3) is 4.75. The van der Waals surface area contributed by atoms with Crippen LogP contribution in [-0.2, 0) is 19.4 Å². The van der Waals surface area contributed by atoms with Crippen molar-refractivity contribution in [3.8, 4) is 0 Å². The lowest BCUT2D eigenvalue weighted by Gasteiger charge is -2.09. The molecule has 30 heavy (non-hydrogen) atoms. The lowest BCUT2D eigenvalue weighted by Crippen LogP contribution is -2.16. The van der Waals surface area contributed by atoms with Gasteiger partial charge in [-0.05, 0) is 46.7 Å². The number of nitrogens with two attached hydrogens (primary N) is 3. The van der Waals surface area contributed by atoms with Gasteiger partial charge in [0.2, 0.25) is 0 Å². The first-order valence-electron chi connectivity index (χ1n) is 9.70. The van der Waals surface area contributed by atoms with E-state index < -0.39 is 5.91 Å². The van der Waals surface area contributed by atoms with Gasteiger partial charge in [0, 0.05) is 18.4 Å². The molecule has 0 aliphatic heterocycles. The summed E-state index contributed by atoms with van der Waals surface area (Å²) in [4.78, 5) is 12.3. The fraction of sp³-hybridized carbons (Fsp3) is 0.174. The highest BCUT2D eigenvalue weighted by Crippen LogP contribution is 2.23. The van der Waals surface area contributed by atoms with Gasteiger partial charge in [0.15, 0.2) is 0 Å². The lowest BCUT2D eigenvalue weighted by atomic mass is 10.0. The second-order valence-electron chi connectivity index (χ2n) is 7.04. The molecule has 1 amide bonds. The van der Waals surface area contributed by atoms with Gasteiger partial charge >= 0.3 is 0 Å². The summed E-state index contributed by atoms with van der Waals surface area (Å²) in [5.74, 6) is 10.1. The Morgan fingerprint density at radius 1 is 1.00 bits per heavy atom. The minimum atomic E-state index is -0.406. The molecule has 2 aromatic carbocycles. The van der Waals surface area contributed by atoms with Gasteiger partial charge in [-0.3, -0.25) is 4.79 Å². The average Bonchev–Trinajstić information content (AvgIpc) is 3.07. The van der Waals surface area contributed by atoms with Crippen molar-refractivity contribution in [3.63, 3.8) is 0 Å². The number of hydrazone groups is 2. The Labute approximate surface area is 175 Å². The molecule has 0 saturated heterocycles. The fourth-order valence-electron chi connectivity index (χ4n) is 3.70. The van der Waals surface area contributed by atoms with Crippen molar-refractivity contribution < 1.29 is 4.79 Å². The van der Waals surface area contributed by atoms with Crippen molar-refractivity contribution in [3.05, 3.63) is 93.8 Å². The summed E-state index contributed by atoms with van der Waals surface area (Å²) < 4.78 is 2.10. The number of amides is 1. The van der Waals surface area contributed by atoms with Crippen molar-refractivity contribution >= 4 is 18.3 Å². The number of carbonyl (C=O) groups is 1. The van der Waals surface area contributed by atoms with Crippen LogP contribution in [0.15, 0.2) is 64.9 Å². The van der Waals surface area contributed by atoms with Gasteiger partial charge in [-0.2, -0.15) is 10.2 Å². The highest BCUT2D eigenvalue weighted by atomic mass is 16.1. The highest BCUT2D eigenvalue weighted by molar-refractivity contribution is 5.96. The van der Waals surface area contributed by atoms with Gasteiger partial charge in [0.1, 0.15) is 0 Å². The third-order valence-electron chi connectivity index (χ3n) is 4.97. The molecule has 0 saturated carbocycles. The number of hydrogen-bond donors (Lipinski definition) is 3. The standard InChI is InChI=1S/C23H26N6O/c1-2-21-22(23(24)30)20(11-16-6-8-17(9-7-16)12-27-25)15-29(21)14-19-5-3-4-18(10-19)13-28-26/h3-10,12-13,15H,2,11,14,25-26H2,1H3,(H2,24,30). The van der Waals surface area contributed by atoms with Crippen LogP contribution in [0, 0.1) is 0 Å². The van der Waals surface area contributed by atoms with Crippen molar-refractivity contribution in [2.45, 2.75) is 26.3 Å². The van der Waals surface area contributed by atoms with Gasteiger partial charge in [-0.25, -0.2) is 0 Å². The van der Waals surface area contributed by atoms with Crippen LogP contribution in [0.5, 0.6) is 0 Å². The van der Waals surface area contributed by atoms with Crippen molar-refractivity contribution in [1.82, 2.24) is 4.57 Å². The normalized spacial score (nSPS) is 11.5. The molecule has 7 heteroatoms. The van der Waals surface area contributed by atoms with Crippen molar-refractivity contribution in [2.24, 2.45) is 27.6 Å². The van der Waals surface area contributed by atoms with Gasteiger partial charge in [-0.1, -0.05) is 49.4 Å². The Morgan fingerprint density at radius 2 is 1.70 bits per heavy atom. The van der Waals surface area contributed by atoms with E-state index in [4.69, 9.17) is 17.4 Å². The topological polar surface area (TPSA) is 125 Å². The quantitative estimate of drug-likeness (QED) is 0.304. The summed E-state index contributed by atoms with van der Waals surface area (Å²) in [5, 5.41) is 7.12. The van der Waals surface area contributed by atoms with Crippen LogP contribution in [0.2, 0.25) is 0 Å². The fourth-order valence-corrected chi connectivity index (χ4v) is 3.70. The zero-order valence-electron chi connectivity index (χ0n) is 17.0. The molecule has 0 unspecified atom stereocenters. The van der Waals surface area contributed by atoms with Crippen LogP contribution < -0.4 is 17.4 Å². The Kier molecular flexibility index (Phi) is 6.64. The molecule has 0 atom stereocenters. The van der Waals surface area contributed by atoms with Crippen molar-refractivity contribution in [2.75, 3.05) is 0 Å². The van der Waals surface area contributed by atoms with Gasteiger partial charge < -0.3 is 22.0 Å². The van der Waals surface area contributed by atoms with Crippen LogP contribution in [0.1, 0.15) is 50.8 Å². The Morgan fingerprint density at radius 3 is 2.33 bits per heavy atom. The molecule has 0 aliphatic carbocycles. The van der Waals surface area contributed by atoms with Gasteiger partial charge in [0.05, 0.1) is 18.0 Å². The molecule has 1 heterocycles. The first-order chi connectivity index (χ1) is 14.5. The average molecular weight is 403 g/mol. The Bertz CT molecular complexity index is 1080. The molecule has 7 nitrogen and oxygen atoms in total. The van der Waals surface area contributed by atoms with E-state index in [-0.39, 0.29) is 0 Å². The Hall–Kier alpha value is -3.87. The minimum Gasteiger partial charge on any atom is -0.366 e. The monoisotopic (exact) mass is 402 g/mol. The number of hydrogen-bond acceptors (Lipinski definition) is 5. The smallest absolute Gasteiger partial charge is 0.250 e. The van der Waals surface area contributed by atoms with E-state index in [2.05, 4.69) is 14.8 Å². The van der Waals surface area contributed by atoms with Crippen LogP contribution in [-0.4, -0.2) is 22.9 Å². The van der Waals surface area contributed by atoms with Crippen LogP contribution >= 0.6 is 0 Å². The molecular weight excluding hydrogens is 376 g/mol. The first-order valence-corrected chi connectivity index (χ1v) is 9.70. The summed E-state index contributed by atoms with van der Waals surface area (Å²) in [7, 11) is 0. The second-order valence-corrected chi connectivity index (χ2v) is 7.04. The molecular formula is C23H26N6O. The molecule has 3 aromatic rings. The van der Waals surface area contributed by atoms with Gasteiger partial charge in [-0.15, -0.1) is 0 Å². The first kappa shape index (κ1) is 20.9. The van der Waals surface area contributed by atoms with Crippen molar-refractivity contribution in [1.29, 1.82) is 0 Å². The molecule has 6 N–H and O–H groups in total. The van der Waals surface area contributed by atoms with E-state index in [0.29, 0.717) is 24.9 Å². The minimum absolute atomic E-state index is 0.406. The summed E-state index contributed by atoms with van der Waals surface area (Å²) in [6, 6.07) is 15.8. The lowest BCUT2D eigenvalue weighted by molar-refractivity contribution is 0.0998. The maximum absolute atomic E-state index is 12.3. The molecule has 0 fully saturated rings.